The lowest BCUT2D eigenvalue weighted by molar-refractivity contribution is 0.103. The number of halogens is 1. The second-order valence-electron chi connectivity index (χ2n) is 7.31. The first-order chi connectivity index (χ1) is 15.9. The number of carbonyl (C=O) groups excluding carboxylic acids is 1. The van der Waals surface area contributed by atoms with Crippen LogP contribution in [-0.2, 0) is 6.54 Å². The molecular weight excluding hydrogens is 463 g/mol. The number of hydrogen-bond donors (Lipinski definition) is 1. The van der Waals surface area contributed by atoms with Crippen molar-refractivity contribution in [1.82, 2.24) is 14.5 Å². The molecule has 33 heavy (non-hydrogen) atoms. The molecule has 0 fully saturated rings. The lowest BCUT2D eigenvalue weighted by atomic mass is 10.2. The van der Waals surface area contributed by atoms with Crippen molar-refractivity contribution in [3.63, 3.8) is 0 Å². The van der Waals surface area contributed by atoms with Crippen LogP contribution < -0.4 is 15.6 Å². The molecule has 1 amide bonds. The molecule has 1 N–H and O–H groups in total. The Labute approximate surface area is 195 Å². The number of thiazole rings is 1. The first-order valence-electron chi connectivity index (χ1n) is 9.92. The van der Waals surface area contributed by atoms with Crippen molar-refractivity contribution in [2.45, 2.75) is 13.5 Å². The molecule has 7 nitrogen and oxygen atoms in total. The average molecular weight is 481 g/mol. The van der Waals surface area contributed by atoms with Gasteiger partial charge in [0, 0.05) is 5.56 Å². The maximum Gasteiger partial charge on any atom is 0.267 e. The number of aromatic nitrogens is 3. The van der Waals surface area contributed by atoms with E-state index < -0.39 is 0 Å². The molecule has 5 aromatic rings. The van der Waals surface area contributed by atoms with Crippen LogP contribution in [0.1, 0.15) is 20.8 Å². The van der Waals surface area contributed by atoms with Gasteiger partial charge in [-0.25, -0.2) is 14.4 Å². The SMILES string of the molecule is COc1ccc2nc(NC(=O)c3sc4ncn(Cc5ccccc5F)c(=O)c4c3C)sc2c1. The number of hydrogen-bond acceptors (Lipinski definition) is 7. The largest absolute Gasteiger partial charge is 0.497 e. The molecular formula is C23H17FN4O3S2. The highest BCUT2D eigenvalue weighted by Crippen LogP contribution is 2.31. The molecule has 0 saturated carbocycles. The molecule has 0 atom stereocenters. The van der Waals surface area contributed by atoms with E-state index in [1.165, 1.54) is 28.3 Å². The second kappa shape index (κ2) is 8.38. The molecule has 0 saturated heterocycles. The fourth-order valence-electron chi connectivity index (χ4n) is 3.54. The Balaban J connectivity index is 1.46. The van der Waals surface area contributed by atoms with Crippen molar-refractivity contribution in [3.05, 3.63) is 81.0 Å². The summed E-state index contributed by atoms with van der Waals surface area (Å²) in [6, 6.07) is 11.8. The molecule has 0 spiro atoms. The molecule has 0 aliphatic rings. The number of rotatable bonds is 5. The van der Waals surface area contributed by atoms with Gasteiger partial charge in [-0.2, -0.15) is 0 Å². The van der Waals surface area contributed by atoms with E-state index in [1.807, 2.05) is 18.2 Å². The van der Waals surface area contributed by atoms with Crippen molar-refractivity contribution < 1.29 is 13.9 Å². The molecule has 3 aromatic heterocycles. The molecule has 3 heterocycles. The van der Waals surface area contributed by atoms with E-state index in [-0.39, 0.29) is 23.8 Å². The number of ether oxygens (including phenoxy) is 1. The van der Waals surface area contributed by atoms with E-state index in [1.54, 1.807) is 32.2 Å². The number of carbonyl (C=O) groups is 1. The number of nitrogens with one attached hydrogen (secondary N) is 1. The van der Waals surface area contributed by atoms with Gasteiger partial charge in [-0.3, -0.25) is 19.5 Å². The lowest BCUT2D eigenvalue weighted by Gasteiger charge is -2.06. The quantitative estimate of drug-likeness (QED) is 0.390. The topological polar surface area (TPSA) is 86.1 Å². The first-order valence-corrected chi connectivity index (χ1v) is 11.6. The van der Waals surface area contributed by atoms with Crippen LogP contribution >= 0.6 is 22.7 Å². The van der Waals surface area contributed by atoms with E-state index in [9.17, 15) is 14.0 Å². The fourth-order valence-corrected chi connectivity index (χ4v) is 5.46. The summed E-state index contributed by atoms with van der Waals surface area (Å²) >= 11 is 2.48. The summed E-state index contributed by atoms with van der Waals surface area (Å²) in [7, 11) is 1.59. The second-order valence-corrected chi connectivity index (χ2v) is 9.34. The highest BCUT2D eigenvalue weighted by Gasteiger charge is 2.21. The molecule has 0 aliphatic carbocycles. The zero-order chi connectivity index (χ0) is 23.1. The van der Waals surface area contributed by atoms with Gasteiger partial charge in [-0.1, -0.05) is 29.5 Å². The standard InChI is InChI=1S/C23H17FN4O3S2/c1-12-18-21(25-11-28(22(18)30)10-13-5-3-4-6-15(13)24)33-19(12)20(29)27-23-26-16-8-7-14(31-2)9-17(16)32-23/h3-9,11H,10H2,1-2H3,(H,26,27,29). The van der Waals surface area contributed by atoms with Crippen LogP contribution in [0.15, 0.2) is 53.6 Å². The van der Waals surface area contributed by atoms with Gasteiger partial charge in [-0.15, -0.1) is 11.3 Å². The Hall–Kier alpha value is -3.63. The van der Waals surface area contributed by atoms with Crippen LogP contribution in [0.25, 0.3) is 20.4 Å². The lowest BCUT2D eigenvalue weighted by Crippen LogP contribution is -2.21. The van der Waals surface area contributed by atoms with Crippen molar-refractivity contribution in [3.8, 4) is 5.75 Å². The summed E-state index contributed by atoms with van der Waals surface area (Å²) in [5.41, 5.74) is 1.36. The van der Waals surface area contributed by atoms with Gasteiger partial charge in [-0.05, 0) is 36.8 Å². The molecule has 0 bridgehead atoms. The Morgan fingerprint density at radius 1 is 1.21 bits per heavy atom. The Morgan fingerprint density at radius 3 is 2.82 bits per heavy atom. The van der Waals surface area contributed by atoms with Crippen LogP contribution in [0.5, 0.6) is 5.75 Å². The minimum Gasteiger partial charge on any atom is -0.497 e. The normalized spacial score (nSPS) is 11.2. The van der Waals surface area contributed by atoms with E-state index in [0.717, 1.165) is 21.6 Å². The molecule has 2 aromatic carbocycles. The van der Waals surface area contributed by atoms with E-state index in [2.05, 4.69) is 15.3 Å². The van der Waals surface area contributed by atoms with Crippen LogP contribution in [-0.4, -0.2) is 27.6 Å². The zero-order valence-corrected chi connectivity index (χ0v) is 19.2. The van der Waals surface area contributed by atoms with Gasteiger partial charge in [0.05, 0.1) is 40.5 Å². The van der Waals surface area contributed by atoms with Crippen LogP contribution in [0.4, 0.5) is 9.52 Å². The van der Waals surface area contributed by atoms with Crippen molar-refractivity contribution >= 4 is 54.1 Å². The summed E-state index contributed by atoms with van der Waals surface area (Å²) in [6.45, 7) is 1.77. The molecule has 5 rings (SSSR count). The summed E-state index contributed by atoms with van der Waals surface area (Å²) in [5.74, 6) is -0.0382. The number of methoxy groups -OCH3 is 1. The monoisotopic (exact) mass is 480 g/mol. The number of amides is 1. The number of benzene rings is 2. The minimum absolute atomic E-state index is 0.0560. The van der Waals surface area contributed by atoms with E-state index in [0.29, 0.717) is 37.1 Å². The Morgan fingerprint density at radius 2 is 2.03 bits per heavy atom. The third kappa shape index (κ3) is 3.87. The van der Waals surface area contributed by atoms with Crippen molar-refractivity contribution in [2.24, 2.45) is 0 Å². The predicted octanol–water partition coefficient (Wildman–Crippen LogP) is 4.82. The third-order valence-corrected chi connectivity index (χ3v) is 7.37. The Kier molecular flexibility index (Phi) is 5.39. The summed E-state index contributed by atoms with van der Waals surface area (Å²) in [6.07, 6.45) is 1.38. The summed E-state index contributed by atoms with van der Waals surface area (Å²) < 4.78 is 21.5. The molecule has 10 heteroatoms. The summed E-state index contributed by atoms with van der Waals surface area (Å²) in [5, 5.41) is 3.63. The number of thiophene rings is 1. The summed E-state index contributed by atoms with van der Waals surface area (Å²) in [4.78, 5) is 35.7. The third-order valence-electron chi connectivity index (χ3n) is 5.24. The van der Waals surface area contributed by atoms with Gasteiger partial charge in [0.15, 0.2) is 5.13 Å². The number of aryl methyl sites for hydroxylation is 1. The predicted molar refractivity (Wildman–Crippen MR) is 128 cm³/mol. The van der Waals surface area contributed by atoms with Crippen LogP contribution in [0.3, 0.4) is 0 Å². The maximum atomic E-state index is 14.0. The highest BCUT2D eigenvalue weighted by molar-refractivity contribution is 7.23. The Bertz CT molecular complexity index is 1590. The number of nitrogens with zero attached hydrogens (tertiary/aromatic N) is 3. The van der Waals surface area contributed by atoms with Gasteiger partial charge < -0.3 is 4.74 Å². The smallest absolute Gasteiger partial charge is 0.267 e. The highest BCUT2D eigenvalue weighted by atomic mass is 32.1. The van der Waals surface area contributed by atoms with Gasteiger partial charge in [0.25, 0.3) is 11.5 Å². The van der Waals surface area contributed by atoms with E-state index in [4.69, 9.17) is 4.74 Å². The fraction of sp³-hybridized carbons (Fsp3) is 0.130. The zero-order valence-electron chi connectivity index (χ0n) is 17.6. The van der Waals surface area contributed by atoms with Gasteiger partial charge in [0.1, 0.15) is 16.4 Å². The molecule has 0 unspecified atom stereocenters. The maximum absolute atomic E-state index is 14.0. The average Bonchev–Trinajstić information content (AvgIpc) is 3.36. The minimum atomic E-state index is -0.389. The number of fused-ring (bicyclic) bond motifs is 2. The molecule has 0 aliphatic heterocycles. The van der Waals surface area contributed by atoms with Gasteiger partial charge in [0.2, 0.25) is 0 Å². The number of anilines is 1. The van der Waals surface area contributed by atoms with Crippen molar-refractivity contribution in [2.75, 3.05) is 12.4 Å². The van der Waals surface area contributed by atoms with Crippen LogP contribution in [0, 0.1) is 12.7 Å². The first kappa shape index (κ1) is 21.2. The van der Waals surface area contributed by atoms with Crippen molar-refractivity contribution in [1.29, 1.82) is 0 Å². The van der Waals surface area contributed by atoms with Crippen LogP contribution in [0.2, 0.25) is 0 Å². The van der Waals surface area contributed by atoms with E-state index >= 15 is 0 Å². The molecule has 0 radical (unpaired) electrons. The molecule has 166 valence electrons. The van der Waals surface area contributed by atoms with Gasteiger partial charge >= 0.3 is 0 Å².